The van der Waals surface area contributed by atoms with E-state index in [4.69, 9.17) is 9.15 Å². The Labute approximate surface area is 215 Å². The fourth-order valence-corrected chi connectivity index (χ4v) is 5.22. The lowest BCUT2D eigenvalue weighted by molar-refractivity contribution is -0.155. The van der Waals surface area contributed by atoms with E-state index in [-0.39, 0.29) is 18.6 Å². The molecule has 190 valence electrons. The minimum Gasteiger partial charge on any atom is -0.443 e. The Morgan fingerprint density at radius 3 is 2.41 bits per heavy atom. The lowest BCUT2D eigenvalue weighted by atomic mass is 9.86. The SMILES string of the molecule is O=C(OCn1c(=O)oc2c(N3CCN(Cc4cccc(-c5ccccc5)c4)CC3)cccc21)C1CCC1. The summed E-state index contributed by atoms with van der Waals surface area (Å²) in [6, 6.07) is 25.0. The molecule has 1 aromatic heterocycles. The number of piperazine rings is 1. The van der Waals surface area contributed by atoms with Crippen molar-refractivity contribution in [2.45, 2.75) is 32.5 Å². The van der Waals surface area contributed by atoms with Gasteiger partial charge in [-0.25, -0.2) is 9.36 Å². The maximum absolute atomic E-state index is 12.6. The average molecular weight is 498 g/mol. The van der Waals surface area contributed by atoms with Crippen molar-refractivity contribution >= 4 is 22.8 Å². The molecule has 6 rings (SSSR count). The van der Waals surface area contributed by atoms with Crippen molar-refractivity contribution in [3.63, 3.8) is 0 Å². The van der Waals surface area contributed by atoms with Gasteiger partial charge < -0.3 is 14.1 Å². The fraction of sp³-hybridized carbons (Fsp3) is 0.333. The van der Waals surface area contributed by atoms with E-state index in [0.29, 0.717) is 11.1 Å². The normalized spacial score (nSPS) is 16.6. The number of para-hydroxylation sites is 1. The summed E-state index contributed by atoms with van der Waals surface area (Å²) >= 11 is 0. The first-order valence-electron chi connectivity index (χ1n) is 13.1. The Hall–Kier alpha value is -3.84. The second-order valence-electron chi connectivity index (χ2n) is 9.97. The Kier molecular flexibility index (Phi) is 6.53. The number of hydrogen-bond acceptors (Lipinski definition) is 6. The molecule has 7 nitrogen and oxygen atoms in total. The quantitative estimate of drug-likeness (QED) is 0.339. The standard InChI is InChI=1S/C30H31N3O4/c34-29(24-10-5-11-24)36-21-33-27-14-6-13-26(28(27)37-30(33)35)32-17-15-31(16-18-32)20-22-7-4-12-25(19-22)23-8-2-1-3-9-23/h1-4,6-9,12-14,19,24H,5,10-11,15-18,20-21H2. The van der Waals surface area contributed by atoms with Crippen LogP contribution in [0.25, 0.3) is 22.2 Å². The fourth-order valence-electron chi connectivity index (χ4n) is 5.22. The number of carbonyl (C=O) groups excluding carboxylic acids is 1. The lowest BCUT2D eigenvalue weighted by Gasteiger charge is -2.36. The van der Waals surface area contributed by atoms with Crippen LogP contribution in [0.1, 0.15) is 24.8 Å². The number of fused-ring (bicyclic) bond motifs is 1. The van der Waals surface area contributed by atoms with Crippen LogP contribution in [0.4, 0.5) is 5.69 Å². The van der Waals surface area contributed by atoms with Crippen molar-refractivity contribution in [1.82, 2.24) is 9.47 Å². The van der Waals surface area contributed by atoms with E-state index in [1.807, 2.05) is 24.3 Å². The summed E-state index contributed by atoms with van der Waals surface area (Å²) in [5.41, 5.74) is 5.89. The van der Waals surface area contributed by atoms with Gasteiger partial charge in [0.1, 0.15) is 0 Å². The predicted octanol–water partition coefficient (Wildman–Crippen LogP) is 4.88. The van der Waals surface area contributed by atoms with Gasteiger partial charge in [-0.3, -0.25) is 9.69 Å². The molecule has 0 radical (unpaired) electrons. The van der Waals surface area contributed by atoms with Gasteiger partial charge in [0.2, 0.25) is 0 Å². The Morgan fingerprint density at radius 2 is 1.65 bits per heavy atom. The smallest absolute Gasteiger partial charge is 0.422 e. The number of esters is 1. The molecule has 7 heteroatoms. The Morgan fingerprint density at radius 1 is 0.892 bits per heavy atom. The van der Waals surface area contributed by atoms with E-state index >= 15 is 0 Å². The van der Waals surface area contributed by atoms with E-state index < -0.39 is 5.76 Å². The zero-order chi connectivity index (χ0) is 25.2. The van der Waals surface area contributed by atoms with Gasteiger partial charge >= 0.3 is 11.7 Å². The predicted molar refractivity (Wildman–Crippen MR) is 143 cm³/mol. The van der Waals surface area contributed by atoms with E-state index in [0.717, 1.165) is 57.7 Å². The number of nitrogens with zero attached hydrogens (tertiary/aromatic N) is 3. The maximum Gasteiger partial charge on any atom is 0.422 e. The van der Waals surface area contributed by atoms with Gasteiger partial charge in [0.25, 0.3) is 0 Å². The van der Waals surface area contributed by atoms with Crippen molar-refractivity contribution in [2.24, 2.45) is 5.92 Å². The van der Waals surface area contributed by atoms with Crippen molar-refractivity contribution in [3.05, 3.63) is 88.9 Å². The van der Waals surface area contributed by atoms with Gasteiger partial charge in [0, 0.05) is 32.7 Å². The number of anilines is 1. The van der Waals surface area contributed by atoms with Gasteiger partial charge in [-0.15, -0.1) is 0 Å². The molecule has 0 amide bonds. The van der Waals surface area contributed by atoms with Crippen LogP contribution in [0.3, 0.4) is 0 Å². The highest BCUT2D eigenvalue weighted by atomic mass is 16.5. The van der Waals surface area contributed by atoms with Gasteiger partial charge in [0.05, 0.1) is 17.1 Å². The van der Waals surface area contributed by atoms with Crippen molar-refractivity contribution in [3.8, 4) is 11.1 Å². The molecule has 3 aromatic carbocycles. The molecule has 0 bridgehead atoms. The van der Waals surface area contributed by atoms with Crippen LogP contribution in [0, 0.1) is 5.92 Å². The molecule has 0 atom stereocenters. The van der Waals surface area contributed by atoms with Crippen LogP contribution >= 0.6 is 0 Å². The minimum absolute atomic E-state index is 0.0264. The number of benzene rings is 3. The summed E-state index contributed by atoms with van der Waals surface area (Å²) in [7, 11) is 0. The third-order valence-electron chi connectivity index (χ3n) is 7.60. The summed E-state index contributed by atoms with van der Waals surface area (Å²) in [5, 5.41) is 0. The number of ether oxygens (including phenoxy) is 1. The van der Waals surface area contributed by atoms with Gasteiger partial charge in [0.15, 0.2) is 12.3 Å². The molecule has 2 fully saturated rings. The van der Waals surface area contributed by atoms with E-state index in [1.54, 1.807) is 0 Å². The number of aromatic nitrogens is 1. The van der Waals surface area contributed by atoms with Gasteiger partial charge in [-0.2, -0.15) is 0 Å². The molecule has 1 aliphatic carbocycles. The molecule has 2 aliphatic rings. The van der Waals surface area contributed by atoms with E-state index in [2.05, 4.69) is 58.3 Å². The third kappa shape index (κ3) is 4.91. The zero-order valence-corrected chi connectivity index (χ0v) is 20.8. The van der Waals surface area contributed by atoms with Crippen LogP contribution in [-0.4, -0.2) is 41.6 Å². The van der Waals surface area contributed by atoms with Crippen LogP contribution in [0.2, 0.25) is 0 Å². The third-order valence-corrected chi connectivity index (χ3v) is 7.60. The van der Waals surface area contributed by atoms with Gasteiger partial charge in [-0.1, -0.05) is 61.0 Å². The number of carbonyl (C=O) groups is 1. The molecule has 1 saturated heterocycles. The second kappa shape index (κ2) is 10.3. The highest BCUT2D eigenvalue weighted by Crippen LogP contribution is 2.29. The molecule has 0 unspecified atom stereocenters. The Balaban J connectivity index is 1.12. The first kappa shape index (κ1) is 23.6. The minimum atomic E-state index is -0.499. The lowest BCUT2D eigenvalue weighted by Crippen LogP contribution is -2.46. The van der Waals surface area contributed by atoms with Crippen LogP contribution in [-0.2, 0) is 22.8 Å². The summed E-state index contributed by atoms with van der Waals surface area (Å²) in [6.45, 7) is 4.29. The first-order valence-corrected chi connectivity index (χ1v) is 13.1. The molecule has 1 aliphatic heterocycles. The highest BCUT2D eigenvalue weighted by molar-refractivity contribution is 5.87. The monoisotopic (exact) mass is 497 g/mol. The van der Waals surface area contributed by atoms with E-state index in [1.165, 1.54) is 21.3 Å². The molecule has 2 heterocycles. The average Bonchev–Trinajstić information content (AvgIpc) is 3.22. The molecule has 37 heavy (non-hydrogen) atoms. The number of rotatable bonds is 7. The topological polar surface area (TPSA) is 67.9 Å². The highest BCUT2D eigenvalue weighted by Gasteiger charge is 2.27. The van der Waals surface area contributed by atoms with Crippen LogP contribution in [0.5, 0.6) is 0 Å². The molecule has 1 saturated carbocycles. The summed E-state index contributed by atoms with van der Waals surface area (Å²) in [5.74, 6) is -0.753. The van der Waals surface area contributed by atoms with Crippen LogP contribution in [0.15, 0.2) is 82.0 Å². The first-order chi connectivity index (χ1) is 18.2. The van der Waals surface area contributed by atoms with Crippen LogP contribution < -0.4 is 10.7 Å². The summed E-state index contributed by atoms with van der Waals surface area (Å²) < 4.78 is 12.5. The molecule has 0 N–H and O–H groups in total. The molecule has 0 spiro atoms. The molecule has 4 aromatic rings. The van der Waals surface area contributed by atoms with Crippen molar-refractivity contribution in [1.29, 1.82) is 0 Å². The molecular formula is C30H31N3O4. The van der Waals surface area contributed by atoms with Crippen molar-refractivity contribution in [2.75, 3.05) is 31.1 Å². The summed E-state index contributed by atoms with van der Waals surface area (Å²) in [6.07, 6.45) is 2.80. The maximum atomic E-state index is 12.6. The second-order valence-corrected chi connectivity index (χ2v) is 9.97. The van der Waals surface area contributed by atoms with Crippen molar-refractivity contribution < 1.29 is 13.9 Å². The Bertz CT molecular complexity index is 1450. The molecular weight excluding hydrogens is 466 g/mol. The number of hydrogen-bond donors (Lipinski definition) is 0. The van der Waals surface area contributed by atoms with Gasteiger partial charge in [-0.05, 0) is 47.7 Å². The van der Waals surface area contributed by atoms with E-state index in [9.17, 15) is 9.59 Å². The number of oxazole rings is 1. The zero-order valence-electron chi connectivity index (χ0n) is 20.8. The summed E-state index contributed by atoms with van der Waals surface area (Å²) in [4.78, 5) is 29.5. The largest absolute Gasteiger partial charge is 0.443 e.